The number of ether oxygens (including phenoxy) is 2. The lowest BCUT2D eigenvalue weighted by Crippen LogP contribution is -2.35. The van der Waals surface area contributed by atoms with Gasteiger partial charge in [-0.3, -0.25) is 9.36 Å². The van der Waals surface area contributed by atoms with Crippen LogP contribution in [0, 0.1) is 0 Å². The fourth-order valence-corrected chi connectivity index (χ4v) is 5.62. The van der Waals surface area contributed by atoms with Gasteiger partial charge in [-0.1, -0.05) is 47.7 Å². The zero-order chi connectivity index (χ0) is 27.0. The Morgan fingerprint density at radius 1 is 1.08 bits per heavy atom. The van der Waals surface area contributed by atoms with Gasteiger partial charge in [0, 0.05) is 11.3 Å². The normalized spacial score (nSPS) is 15.3. The number of benzene rings is 3. The molecule has 38 heavy (non-hydrogen) atoms. The predicted molar refractivity (Wildman–Crippen MR) is 146 cm³/mol. The smallest absolute Gasteiger partial charge is 0.338 e. The minimum absolute atomic E-state index is 0.0235. The lowest BCUT2D eigenvalue weighted by molar-refractivity contribution is -0.138. The van der Waals surface area contributed by atoms with Crippen molar-refractivity contribution in [2.24, 2.45) is 4.99 Å². The Bertz CT molecular complexity index is 1780. The van der Waals surface area contributed by atoms with Crippen LogP contribution < -0.4 is 19.6 Å². The Balaban J connectivity index is 1.75. The maximum absolute atomic E-state index is 13.6. The summed E-state index contributed by atoms with van der Waals surface area (Å²) in [6.07, 6.45) is 1.66. The molecule has 9 heteroatoms. The molecule has 0 radical (unpaired) electrons. The third-order valence-electron chi connectivity index (χ3n) is 6.36. The van der Waals surface area contributed by atoms with Crippen molar-refractivity contribution in [3.63, 3.8) is 0 Å². The summed E-state index contributed by atoms with van der Waals surface area (Å²) in [5, 5.41) is 22.5. The second-order valence-electron chi connectivity index (χ2n) is 8.66. The molecule has 0 aliphatic carbocycles. The molecule has 1 aliphatic rings. The maximum Gasteiger partial charge on any atom is 0.338 e. The van der Waals surface area contributed by atoms with Crippen LogP contribution in [0.3, 0.4) is 0 Å². The lowest BCUT2D eigenvalue weighted by atomic mass is 9.96. The molecule has 2 heterocycles. The van der Waals surface area contributed by atoms with Gasteiger partial charge < -0.3 is 19.7 Å². The zero-order valence-corrected chi connectivity index (χ0v) is 21.9. The van der Waals surface area contributed by atoms with E-state index in [2.05, 4.69) is 0 Å². The highest BCUT2D eigenvalue weighted by atomic mass is 32.1. The standard InChI is InChI=1S/C29H26N2O6S/c1-4-36-23-14-18(11-13-22(23)33)26-25(28(35)37-5-2)16(3)31-27(34)24(38-29(31)30-26)15-20-19-9-7-6-8-17(19)10-12-21(20)32/h6-15,26,32-33H,4-5H2,1-3H3/b24-15-/t26-/m0/s1. The van der Waals surface area contributed by atoms with E-state index in [0.717, 1.165) is 10.8 Å². The summed E-state index contributed by atoms with van der Waals surface area (Å²) in [4.78, 5) is 31.9. The molecule has 0 unspecified atom stereocenters. The summed E-state index contributed by atoms with van der Waals surface area (Å²) in [5.74, 6) is -0.271. The summed E-state index contributed by atoms with van der Waals surface area (Å²) in [6, 6.07) is 15.1. The van der Waals surface area contributed by atoms with Gasteiger partial charge >= 0.3 is 5.97 Å². The van der Waals surface area contributed by atoms with Crippen molar-refractivity contribution in [2.75, 3.05) is 13.2 Å². The first-order valence-corrected chi connectivity index (χ1v) is 13.0. The van der Waals surface area contributed by atoms with Crippen LogP contribution in [0.2, 0.25) is 0 Å². The molecule has 8 nitrogen and oxygen atoms in total. The Kier molecular flexibility index (Phi) is 6.77. The van der Waals surface area contributed by atoms with E-state index >= 15 is 0 Å². The van der Waals surface area contributed by atoms with Crippen molar-refractivity contribution >= 4 is 39.9 Å². The van der Waals surface area contributed by atoms with Crippen LogP contribution >= 0.6 is 11.3 Å². The van der Waals surface area contributed by atoms with E-state index in [0.29, 0.717) is 32.8 Å². The number of thiazole rings is 1. The molecule has 3 aromatic carbocycles. The predicted octanol–water partition coefficient (Wildman–Crippen LogP) is 3.87. The topological polar surface area (TPSA) is 110 Å². The summed E-state index contributed by atoms with van der Waals surface area (Å²) in [5.41, 5.74) is 1.43. The number of hydrogen-bond acceptors (Lipinski definition) is 8. The number of carbonyl (C=O) groups is 1. The Hall–Kier alpha value is -4.37. The van der Waals surface area contributed by atoms with E-state index < -0.39 is 12.0 Å². The van der Waals surface area contributed by atoms with Crippen molar-refractivity contribution in [1.29, 1.82) is 0 Å². The largest absolute Gasteiger partial charge is 0.507 e. The molecule has 4 aromatic rings. The summed E-state index contributed by atoms with van der Waals surface area (Å²) in [6.45, 7) is 5.72. The molecule has 0 amide bonds. The van der Waals surface area contributed by atoms with Gasteiger partial charge in [-0.05, 0) is 61.4 Å². The molecule has 0 saturated heterocycles. The first-order valence-electron chi connectivity index (χ1n) is 12.2. The monoisotopic (exact) mass is 530 g/mol. The Morgan fingerprint density at radius 2 is 1.84 bits per heavy atom. The molecule has 0 bridgehead atoms. The van der Waals surface area contributed by atoms with Gasteiger partial charge in [0.15, 0.2) is 16.3 Å². The van der Waals surface area contributed by atoms with Crippen LogP contribution in [-0.4, -0.2) is 34.0 Å². The van der Waals surface area contributed by atoms with Crippen LogP contribution in [0.1, 0.15) is 37.9 Å². The van der Waals surface area contributed by atoms with E-state index in [1.165, 1.54) is 22.0 Å². The van der Waals surface area contributed by atoms with Crippen molar-refractivity contribution in [3.8, 4) is 17.2 Å². The lowest BCUT2D eigenvalue weighted by Gasteiger charge is -2.22. The highest BCUT2D eigenvalue weighted by molar-refractivity contribution is 7.07. The molecule has 194 valence electrons. The van der Waals surface area contributed by atoms with Crippen molar-refractivity contribution in [3.05, 3.63) is 91.0 Å². The van der Waals surface area contributed by atoms with Gasteiger partial charge in [-0.15, -0.1) is 0 Å². The Morgan fingerprint density at radius 3 is 2.61 bits per heavy atom. The van der Waals surface area contributed by atoms with Crippen LogP contribution in [0.25, 0.3) is 22.5 Å². The molecule has 0 saturated carbocycles. The first-order chi connectivity index (χ1) is 18.3. The average Bonchev–Trinajstić information content (AvgIpc) is 3.22. The average molecular weight is 531 g/mol. The van der Waals surface area contributed by atoms with Gasteiger partial charge in [0.05, 0.1) is 23.3 Å². The van der Waals surface area contributed by atoms with Gasteiger partial charge in [0.25, 0.3) is 5.56 Å². The Labute approximate surface area is 222 Å². The first kappa shape index (κ1) is 25.3. The van der Waals surface area contributed by atoms with E-state index in [-0.39, 0.29) is 35.0 Å². The number of aromatic hydroxyl groups is 2. The van der Waals surface area contributed by atoms with Crippen molar-refractivity contribution in [1.82, 2.24) is 4.57 Å². The van der Waals surface area contributed by atoms with Gasteiger partial charge in [0.2, 0.25) is 0 Å². The number of fused-ring (bicyclic) bond motifs is 2. The fourth-order valence-electron chi connectivity index (χ4n) is 4.60. The molecule has 0 fully saturated rings. The quantitative estimate of drug-likeness (QED) is 0.366. The van der Waals surface area contributed by atoms with Crippen LogP contribution in [-0.2, 0) is 9.53 Å². The number of aromatic nitrogens is 1. The molecule has 1 aromatic heterocycles. The maximum atomic E-state index is 13.6. The number of phenolic OH excluding ortho intramolecular Hbond substituents is 2. The molecular weight excluding hydrogens is 504 g/mol. The molecule has 5 rings (SSSR count). The molecule has 2 N–H and O–H groups in total. The van der Waals surface area contributed by atoms with Crippen molar-refractivity contribution in [2.45, 2.75) is 26.8 Å². The van der Waals surface area contributed by atoms with Crippen LogP contribution in [0.4, 0.5) is 0 Å². The minimum atomic E-state index is -0.772. The molecule has 0 spiro atoms. The zero-order valence-electron chi connectivity index (χ0n) is 21.1. The molecular formula is C29H26N2O6S. The second kappa shape index (κ2) is 10.2. The summed E-state index contributed by atoms with van der Waals surface area (Å²) < 4.78 is 12.6. The van der Waals surface area contributed by atoms with Crippen LogP contribution in [0.5, 0.6) is 17.2 Å². The van der Waals surface area contributed by atoms with E-state index in [9.17, 15) is 19.8 Å². The number of carbonyl (C=O) groups excluding carboxylic acids is 1. The van der Waals surface area contributed by atoms with Crippen LogP contribution in [0.15, 0.2) is 70.0 Å². The number of hydrogen-bond donors (Lipinski definition) is 2. The number of nitrogens with zero attached hydrogens (tertiary/aromatic N) is 2. The van der Waals surface area contributed by atoms with Gasteiger partial charge in [-0.25, -0.2) is 9.79 Å². The highest BCUT2D eigenvalue weighted by Gasteiger charge is 2.32. The van der Waals surface area contributed by atoms with E-state index in [1.807, 2.05) is 30.3 Å². The second-order valence-corrected chi connectivity index (χ2v) is 9.67. The SMILES string of the molecule is CCOC(=O)C1=C(C)n2c(s/c(=C\c3c(O)ccc4ccccc34)c2=O)=N[C@H]1c1ccc(O)c(OCC)c1. The van der Waals surface area contributed by atoms with Gasteiger partial charge in [0.1, 0.15) is 11.8 Å². The number of esters is 1. The summed E-state index contributed by atoms with van der Waals surface area (Å²) >= 11 is 1.17. The molecule has 1 atom stereocenters. The van der Waals surface area contributed by atoms with Gasteiger partial charge in [-0.2, -0.15) is 0 Å². The third kappa shape index (κ3) is 4.35. The number of rotatable bonds is 6. The van der Waals surface area contributed by atoms with Crippen molar-refractivity contribution < 1.29 is 24.5 Å². The van der Waals surface area contributed by atoms with E-state index in [4.69, 9.17) is 14.5 Å². The number of allylic oxidation sites excluding steroid dienone is 1. The minimum Gasteiger partial charge on any atom is -0.507 e. The summed E-state index contributed by atoms with van der Waals surface area (Å²) in [7, 11) is 0. The third-order valence-corrected chi connectivity index (χ3v) is 7.35. The number of phenols is 2. The fraction of sp³-hybridized carbons (Fsp3) is 0.207. The highest BCUT2D eigenvalue weighted by Crippen LogP contribution is 2.37. The molecule has 1 aliphatic heterocycles. The van der Waals surface area contributed by atoms with E-state index in [1.54, 1.807) is 45.0 Å².